The van der Waals surface area contributed by atoms with Gasteiger partial charge in [0.1, 0.15) is 0 Å². The van der Waals surface area contributed by atoms with Crippen molar-refractivity contribution in [1.82, 2.24) is 0 Å². The molecule has 0 amide bonds. The van der Waals surface area contributed by atoms with Crippen molar-refractivity contribution in [3.05, 3.63) is 0 Å². The van der Waals surface area contributed by atoms with E-state index in [2.05, 4.69) is 0 Å². The Morgan fingerprint density at radius 2 is 1.50 bits per heavy atom. The average molecular weight is 237 g/mol. The van der Waals surface area contributed by atoms with Gasteiger partial charge < -0.3 is 0 Å². The van der Waals surface area contributed by atoms with Gasteiger partial charge in [0.15, 0.2) is 0 Å². The van der Waals surface area contributed by atoms with Gasteiger partial charge >= 0.3 is 0 Å². The van der Waals surface area contributed by atoms with Crippen LogP contribution in [0.3, 0.4) is 0 Å². The van der Waals surface area contributed by atoms with Gasteiger partial charge in [0.05, 0.1) is 4.75 Å². The smallest absolute Gasteiger partial charge is 0.212 e. The first kappa shape index (κ1) is 10.7. The molecule has 0 N–H and O–H groups in total. The van der Waals surface area contributed by atoms with E-state index in [4.69, 9.17) is 10.7 Å². The molecule has 2 nitrogen and oxygen atoms in total. The molecule has 2 aliphatic carbocycles. The monoisotopic (exact) mass is 236 g/mol. The second-order valence-electron chi connectivity index (χ2n) is 4.69. The van der Waals surface area contributed by atoms with Gasteiger partial charge in [-0.3, -0.25) is 0 Å². The maximum absolute atomic E-state index is 11.5. The Bertz CT molecular complexity index is 298. The van der Waals surface area contributed by atoms with Crippen molar-refractivity contribution in [2.75, 3.05) is 0 Å². The molecule has 0 bridgehead atoms. The first-order valence-corrected chi connectivity index (χ1v) is 7.81. The summed E-state index contributed by atoms with van der Waals surface area (Å²) in [5, 5.41) is 0. The van der Waals surface area contributed by atoms with Crippen LogP contribution in [0, 0.1) is 5.92 Å². The minimum atomic E-state index is -3.33. The van der Waals surface area contributed by atoms with Crippen LogP contribution >= 0.6 is 10.7 Å². The van der Waals surface area contributed by atoms with Gasteiger partial charge in [0.2, 0.25) is 9.05 Å². The molecule has 0 unspecified atom stereocenters. The van der Waals surface area contributed by atoms with E-state index in [9.17, 15) is 8.42 Å². The summed E-state index contributed by atoms with van der Waals surface area (Å²) >= 11 is 0. The Labute approximate surface area is 90.4 Å². The van der Waals surface area contributed by atoms with Gasteiger partial charge in [-0.05, 0) is 31.6 Å². The molecule has 2 aliphatic rings. The van der Waals surface area contributed by atoms with Crippen LogP contribution in [0.1, 0.15) is 51.4 Å². The third-order valence-electron chi connectivity index (χ3n) is 3.83. The summed E-state index contributed by atoms with van der Waals surface area (Å²) in [6, 6.07) is 0. The maximum Gasteiger partial charge on any atom is 0.238 e. The summed E-state index contributed by atoms with van der Waals surface area (Å²) in [6.07, 6.45) is 8.59. The third-order valence-corrected chi connectivity index (χ3v) is 6.46. The van der Waals surface area contributed by atoms with Gasteiger partial charge in [-0.1, -0.05) is 25.7 Å². The van der Waals surface area contributed by atoms with Crippen molar-refractivity contribution in [3.8, 4) is 0 Å². The lowest BCUT2D eigenvalue weighted by Crippen LogP contribution is -2.28. The second kappa shape index (κ2) is 3.67. The summed E-state index contributed by atoms with van der Waals surface area (Å²) < 4.78 is 22.5. The summed E-state index contributed by atoms with van der Waals surface area (Å²) in [6.45, 7) is 0. The van der Waals surface area contributed by atoms with Gasteiger partial charge in [-0.2, -0.15) is 0 Å². The van der Waals surface area contributed by atoms with Crippen molar-refractivity contribution in [3.63, 3.8) is 0 Å². The molecule has 82 valence electrons. The van der Waals surface area contributed by atoms with E-state index in [-0.39, 0.29) is 0 Å². The standard InChI is InChI=1S/C10H17ClO2S/c11-14(12,13)10(7-8-10)9-5-3-1-2-4-6-9/h9H,1-8H2. The summed E-state index contributed by atoms with van der Waals surface area (Å²) in [7, 11) is 2.21. The zero-order chi connectivity index (χ0) is 10.2. The van der Waals surface area contributed by atoms with E-state index in [1.807, 2.05) is 0 Å². The van der Waals surface area contributed by atoms with Crippen molar-refractivity contribution < 1.29 is 8.42 Å². The van der Waals surface area contributed by atoms with E-state index in [0.29, 0.717) is 5.92 Å². The van der Waals surface area contributed by atoms with Crippen molar-refractivity contribution in [2.45, 2.75) is 56.1 Å². The minimum Gasteiger partial charge on any atom is -0.212 e. The fraction of sp³-hybridized carbons (Fsp3) is 1.00. The van der Waals surface area contributed by atoms with Crippen LogP contribution in [-0.4, -0.2) is 13.2 Å². The second-order valence-corrected chi connectivity index (χ2v) is 7.60. The molecule has 0 atom stereocenters. The molecule has 0 aliphatic heterocycles. The molecule has 2 fully saturated rings. The molecule has 0 aromatic carbocycles. The van der Waals surface area contributed by atoms with E-state index >= 15 is 0 Å². The molecule has 2 saturated carbocycles. The molecule has 0 radical (unpaired) electrons. The SMILES string of the molecule is O=S(=O)(Cl)C1(C2CCCCCC2)CC1. The molecule has 0 aromatic heterocycles. The Balaban J connectivity index is 2.13. The largest absolute Gasteiger partial charge is 0.238 e. The fourth-order valence-corrected chi connectivity index (χ4v) is 4.84. The summed E-state index contributed by atoms with van der Waals surface area (Å²) in [5.74, 6) is 0.340. The minimum absolute atomic E-state index is 0.340. The lowest BCUT2D eigenvalue weighted by molar-refractivity contribution is 0.416. The van der Waals surface area contributed by atoms with E-state index < -0.39 is 13.8 Å². The van der Waals surface area contributed by atoms with Crippen LogP contribution in [0.4, 0.5) is 0 Å². The topological polar surface area (TPSA) is 34.1 Å². The van der Waals surface area contributed by atoms with Gasteiger partial charge in [-0.15, -0.1) is 0 Å². The highest BCUT2D eigenvalue weighted by Gasteiger charge is 2.58. The quantitative estimate of drug-likeness (QED) is 0.546. The molecule has 0 heterocycles. The third kappa shape index (κ3) is 1.81. The van der Waals surface area contributed by atoms with Crippen LogP contribution in [0.2, 0.25) is 0 Å². The van der Waals surface area contributed by atoms with Crippen LogP contribution in [-0.2, 0) is 9.05 Å². The highest BCUT2D eigenvalue weighted by Crippen LogP contribution is 2.54. The molecule has 14 heavy (non-hydrogen) atoms. The van der Waals surface area contributed by atoms with Gasteiger partial charge in [0, 0.05) is 10.7 Å². The van der Waals surface area contributed by atoms with Gasteiger partial charge in [0.25, 0.3) is 0 Å². The highest BCUT2D eigenvalue weighted by molar-refractivity contribution is 8.15. The van der Waals surface area contributed by atoms with Gasteiger partial charge in [-0.25, -0.2) is 8.42 Å². The number of hydrogen-bond acceptors (Lipinski definition) is 2. The van der Waals surface area contributed by atoms with Crippen LogP contribution in [0.5, 0.6) is 0 Å². The molecule has 0 aromatic rings. The van der Waals surface area contributed by atoms with Crippen molar-refractivity contribution >= 4 is 19.7 Å². The maximum atomic E-state index is 11.5. The molecular weight excluding hydrogens is 220 g/mol. The normalized spacial score (nSPS) is 28.4. The average Bonchev–Trinajstić information content (AvgIpc) is 2.89. The molecule has 2 rings (SSSR count). The summed E-state index contributed by atoms with van der Waals surface area (Å²) in [5.41, 5.74) is 0. The Hall–Kier alpha value is 0.240. The number of halogens is 1. The zero-order valence-corrected chi connectivity index (χ0v) is 9.91. The van der Waals surface area contributed by atoms with Crippen LogP contribution < -0.4 is 0 Å². The fourth-order valence-electron chi connectivity index (χ4n) is 2.78. The molecule has 0 saturated heterocycles. The first-order valence-electron chi connectivity index (χ1n) is 5.50. The lowest BCUT2D eigenvalue weighted by atomic mass is 9.94. The Morgan fingerprint density at radius 1 is 1.00 bits per heavy atom. The zero-order valence-electron chi connectivity index (χ0n) is 8.34. The Kier molecular flexibility index (Phi) is 2.82. The summed E-state index contributed by atoms with van der Waals surface area (Å²) in [4.78, 5) is 0. The van der Waals surface area contributed by atoms with E-state index in [0.717, 1.165) is 25.7 Å². The molecular formula is C10H17ClO2S. The lowest BCUT2D eigenvalue weighted by Gasteiger charge is -2.22. The predicted octanol–water partition coefficient (Wildman–Crippen LogP) is 3.06. The number of hydrogen-bond donors (Lipinski definition) is 0. The highest BCUT2D eigenvalue weighted by atomic mass is 35.7. The number of rotatable bonds is 2. The first-order chi connectivity index (χ1) is 6.56. The van der Waals surface area contributed by atoms with Crippen LogP contribution in [0.15, 0.2) is 0 Å². The Morgan fingerprint density at radius 3 is 1.86 bits per heavy atom. The molecule has 0 spiro atoms. The predicted molar refractivity (Wildman–Crippen MR) is 57.9 cm³/mol. The van der Waals surface area contributed by atoms with E-state index in [1.165, 1.54) is 25.7 Å². The van der Waals surface area contributed by atoms with Crippen molar-refractivity contribution in [2.24, 2.45) is 5.92 Å². The molecule has 4 heteroatoms. The van der Waals surface area contributed by atoms with Crippen molar-refractivity contribution in [1.29, 1.82) is 0 Å². The van der Waals surface area contributed by atoms with Crippen LogP contribution in [0.25, 0.3) is 0 Å². The van der Waals surface area contributed by atoms with E-state index in [1.54, 1.807) is 0 Å².